The van der Waals surface area contributed by atoms with Crippen LogP contribution in [0, 0.1) is 11.8 Å². The third kappa shape index (κ3) is 2.75. The summed E-state index contributed by atoms with van der Waals surface area (Å²) in [7, 11) is 0. The smallest absolute Gasteiger partial charge is 0.175 e. The van der Waals surface area contributed by atoms with Crippen molar-refractivity contribution in [3.05, 3.63) is 20.8 Å². The Bertz CT molecular complexity index is 364. The number of rotatable bonds is 3. The fraction of sp³-hybridized carbons (Fsp3) is 0.615. The van der Waals surface area contributed by atoms with E-state index in [-0.39, 0.29) is 5.92 Å². The van der Waals surface area contributed by atoms with Crippen molar-refractivity contribution in [2.24, 2.45) is 11.8 Å². The van der Waals surface area contributed by atoms with Gasteiger partial charge in [-0.05, 0) is 53.6 Å². The zero-order valence-electron chi connectivity index (χ0n) is 9.54. The zero-order chi connectivity index (χ0) is 11.5. The molecule has 0 N–H and O–H groups in total. The Morgan fingerprint density at radius 3 is 2.62 bits per heavy atom. The summed E-state index contributed by atoms with van der Waals surface area (Å²) in [4.78, 5) is 13.1. The quantitative estimate of drug-likeness (QED) is 0.725. The first-order valence-corrected chi connectivity index (χ1v) is 7.66. The Labute approximate surface area is 109 Å². The first-order chi connectivity index (χ1) is 7.70. The lowest BCUT2D eigenvalue weighted by molar-refractivity contribution is 0.0875. The van der Waals surface area contributed by atoms with E-state index in [1.54, 1.807) is 11.3 Å². The van der Waals surface area contributed by atoms with Crippen LogP contribution in [0.4, 0.5) is 0 Å². The largest absolute Gasteiger partial charge is 0.293 e. The van der Waals surface area contributed by atoms with Crippen molar-refractivity contribution >= 4 is 33.0 Å². The predicted octanol–water partition coefficient (Wildman–Crippen LogP) is 4.91. The number of hydrogen-bond donors (Lipinski definition) is 0. The standard InChI is InChI=1S/C13H17BrOS/c1-2-9-3-5-10(6-4-9)13(15)12-7-11(14)8-16-12/h7-10H,2-6H2,1H3. The maximum Gasteiger partial charge on any atom is 0.175 e. The molecule has 2 rings (SSSR count). The number of Topliss-reactive ketones (excluding diaryl/α,β-unsaturated/α-hetero) is 1. The fourth-order valence-corrected chi connectivity index (χ4v) is 3.92. The lowest BCUT2D eigenvalue weighted by atomic mass is 9.79. The van der Waals surface area contributed by atoms with Crippen molar-refractivity contribution in [2.45, 2.75) is 39.0 Å². The molecule has 1 fully saturated rings. The molecule has 0 atom stereocenters. The monoisotopic (exact) mass is 300 g/mol. The number of halogens is 1. The second kappa shape index (κ2) is 5.46. The average Bonchev–Trinajstić information content (AvgIpc) is 2.75. The minimum Gasteiger partial charge on any atom is -0.293 e. The normalized spacial score (nSPS) is 25.6. The van der Waals surface area contributed by atoms with E-state index in [9.17, 15) is 4.79 Å². The molecular weight excluding hydrogens is 284 g/mol. The van der Waals surface area contributed by atoms with Gasteiger partial charge in [0.05, 0.1) is 4.88 Å². The summed E-state index contributed by atoms with van der Waals surface area (Å²) in [5.41, 5.74) is 0. The van der Waals surface area contributed by atoms with Crippen LogP contribution in [0.5, 0.6) is 0 Å². The van der Waals surface area contributed by atoms with Gasteiger partial charge in [0.25, 0.3) is 0 Å². The molecule has 0 saturated heterocycles. The van der Waals surface area contributed by atoms with E-state index in [0.717, 1.165) is 28.1 Å². The molecule has 1 heterocycles. The van der Waals surface area contributed by atoms with Gasteiger partial charge in [-0.3, -0.25) is 4.79 Å². The maximum atomic E-state index is 12.2. The topological polar surface area (TPSA) is 17.1 Å². The van der Waals surface area contributed by atoms with E-state index < -0.39 is 0 Å². The fourth-order valence-electron chi connectivity index (χ4n) is 2.48. The molecule has 0 spiro atoms. The lowest BCUT2D eigenvalue weighted by Gasteiger charge is -2.26. The van der Waals surface area contributed by atoms with Crippen LogP contribution in [0.1, 0.15) is 48.7 Å². The zero-order valence-corrected chi connectivity index (χ0v) is 11.9. The van der Waals surface area contributed by atoms with Gasteiger partial charge < -0.3 is 0 Å². The highest BCUT2D eigenvalue weighted by Gasteiger charge is 2.26. The van der Waals surface area contributed by atoms with E-state index in [1.165, 1.54) is 19.3 Å². The van der Waals surface area contributed by atoms with Crippen LogP contribution < -0.4 is 0 Å². The van der Waals surface area contributed by atoms with Crippen LogP contribution in [0.25, 0.3) is 0 Å². The summed E-state index contributed by atoms with van der Waals surface area (Å²) in [6, 6.07) is 1.96. The molecule has 0 aromatic carbocycles. The number of ketones is 1. The van der Waals surface area contributed by atoms with E-state index in [0.29, 0.717) is 5.78 Å². The number of hydrogen-bond acceptors (Lipinski definition) is 2. The molecule has 1 aliphatic carbocycles. The Morgan fingerprint density at radius 1 is 1.44 bits per heavy atom. The van der Waals surface area contributed by atoms with Gasteiger partial charge in [0, 0.05) is 15.8 Å². The summed E-state index contributed by atoms with van der Waals surface area (Å²) in [5, 5.41) is 1.99. The second-order valence-electron chi connectivity index (χ2n) is 4.62. The molecule has 0 aliphatic heterocycles. The molecule has 1 nitrogen and oxygen atoms in total. The highest BCUT2D eigenvalue weighted by molar-refractivity contribution is 9.10. The van der Waals surface area contributed by atoms with Gasteiger partial charge in [-0.15, -0.1) is 11.3 Å². The van der Waals surface area contributed by atoms with Gasteiger partial charge >= 0.3 is 0 Å². The molecule has 1 saturated carbocycles. The molecule has 0 bridgehead atoms. The van der Waals surface area contributed by atoms with Crippen molar-refractivity contribution in [1.82, 2.24) is 0 Å². The van der Waals surface area contributed by atoms with Crippen LogP contribution >= 0.6 is 27.3 Å². The SMILES string of the molecule is CCC1CCC(C(=O)c2cc(Br)cs2)CC1. The molecule has 16 heavy (non-hydrogen) atoms. The summed E-state index contributed by atoms with van der Waals surface area (Å²) in [5.74, 6) is 1.51. The van der Waals surface area contributed by atoms with E-state index in [1.807, 2.05) is 11.4 Å². The molecule has 1 aromatic rings. The molecular formula is C13H17BrOS. The Kier molecular flexibility index (Phi) is 4.20. The van der Waals surface area contributed by atoms with Gasteiger partial charge in [0.2, 0.25) is 0 Å². The van der Waals surface area contributed by atoms with Gasteiger partial charge in [-0.1, -0.05) is 13.3 Å². The third-order valence-electron chi connectivity index (χ3n) is 3.61. The van der Waals surface area contributed by atoms with Crippen LogP contribution in [-0.4, -0.2) is 5.78 Å². The van der Waals surface area contributed by atoms with E-state index >= 15 is 0 Å². The number of carbonyl (C=O) groups is 1. The average molecular weight is 301 g/mol. The highest BCUT2D eigenvalue weighted by Crippen LogP contribution is 2.34. The summed E-state index contributed by atoms with van der Waals surface area (Å²) < 4.78 is 1.03. The molecule has 0 unspecified atom stereocenters. The van der Waals surface area contributed by atoms with Gasteiger partial charge in [-0.2, -0.15) is 0 Å². The van der Waals surface area contributed by atoms with E-state index in [4.69, 9.17) is 0 Å². The van der Waals surface area contributed by atoms with Crippen LogP contribution in [-0.2, 0) is 0 Å². The molecule has 88 valence electrons. The third-order valence-corrected chi connectivity index (χ3v) is 5.31. The minimum absolute atomic E-state index is 0.286. The summed E-state index contributed by atoms with van der Waals surface area (Å²) in [6.45, 7) is 2.25. The molecule has 1 aliphatic rings. The second-order valence-corrected chi connectivity index (χ2v) is 6.45. The lowest BCUT2D eigenvalue weighted by Crippen LogP contribution is -2.21. The van der Waals surface area contributed by atoms with E-state index in [2.05, 4.69) is 22.9 Å². The van der Waals surface area contributed by atoms with Crippen molar-refractivity contribution in [1.29, 1.82) is 0 Å². The predicted molar refractivity (Wildman–Crippen MR) is 72.1 cm³/mol. The summed E-state index contributed by atoms with van der Waals surface area (Å²) in [6.07, 6.45) is 5.92. The van der Waals surface area contributed by atoms with Crippen molar-refractivity contribution in [3.8, 4) is 0 Å². The van der Waals surface area contributed by atoms with Crippen LogP contribution in [0.3, 0.4) is 0 Å². The Morgan fingerprint density at radius 2 is 2.12 bits per heavy atom. The number of thiophene rings is 1. The molecule has 0 amide bonds. The minimum atomic E-state index is 0.286. The Balaban J connectivity index is 1.96. The van der Waals surface area contributed by atoms with Crippen LogP contribution in [0.15, 0.2) is 15.9 Å². The van der Waals surface area contributed by atoms with Crippen molar-refractivity contribution in [2.75, 3.05) is 0 Å². The van der Waals surface area contributed by atoms with Crippen LogP contribution in [0.2, 0.25) is 0 Å². The van der Waals surface area contributed by atoms with Crippen molar-refractivity contribution < 1.29 is 4.79 Å². The first kappa shape index (κ1) is 12.3. The molecule has 1 aromatic heterocycles. The van der Waals surface area contributed by atoms with Gasteiger partial charge in [0.15, 0.2) is 5.78 Å². The first-order valence-electron chi connectivity index (χ1n) is 5.99. The van der Waals surface area contributed by atoms with Crippen molar-refractivity contribution in [3.63, 3.8) is 0 Å². The number of carbonyl (C=O) groups excluding carboxylic acids is 1. The Hall–Kier alpha value is -0.150. The van der Waals surface area contributed by atoms with Gasteiger partial charge in [0.1, 0.15) is 0 Å². The summed E-state index contributed by atoms with van der Waals surface area (Å²) >= 11 is 4.96. The molecule has 0 radical (unpaired) electrons. The highest BCUT2D eigenvalue weighted by atomic mass is 79.9. The van der Waals surface area contributed by atoms with Gasteiger partial charge in [-0.25, -0.2) is 0 Å². The maximum absolute atomic E-state index is 12.2. The molecule has 3 heteroatoms.